The smallest absolute Gasteiger partial charge is 0.265 e. The van der Waals surface area contributed by atoms with Crippen molar-refractivity contribution in [2.24, 2.45) is 0 Å². The minimum atomic E-state index is -0.380. The van der Waals surface area contributed by atoms with Gasteiger partial charge in [-0.2, -0.15) is 0 Å². The first-order valence-corrected chi connectivity index (χ1v) is 11.3. The average Bonchev–Trinajstić information content (AvgIpc) is 3.24. The van der Waals surface area contributed by atoms with Crippen molar-refractivity contribution < 1.29 is 23.5 Å². The maximum Gasteiger partial charge on any atom is 0.265 e. The zero-order valence-corrected chi connectivity index (χ0v) is 19.4. The summed E-state index contributed by atoms with van der Waals surface area (Å²) in [5, 5.41) is 0.724. The van der Waals surface area contributed by atoms with Crippen molar-refractivity contribution in [2.75, 3.05) is 40.4 Å². The van der Waals surface area contributed by atoms with Crippen LogP contribution in [-0.4, -0.2) is 67.0 Å². The number of carbonyl (C=O) groups is 2. The Hall–Kier alpha value is -3.46. The lowest BCUT2D eigenvalue weighted by molar-refractivity contribution is 0.0537. The number of nitrogens with zero attached hydrogens (tertiary/aromatic N) is 3. The van der Waals surface area contributed by atoms with Crippen LogP contribution in [0, 0.1) is 12.7 Å². The summed E-state index contributed by atoms with van der Waals surface area (Å²) in [4.78, 5) is 34.4. The molecular formula is C24H24FN3O4S. The molecule has 0 N–H and O–H groups in total. The molecule has 4 rings (SSSR count). The van der Waals surface area contributed by atoms with Crippen LogP contribution in [0.5, 0.6) is 11.5 Å². The van der Waals surface area contributed by atoms with Gasteiger partial charge in [-0.05, 0) is 49.4 Å². The van der Waals surface area contributed by atoms with Crippen LogP contribution in [-0.2, 0) is 0 Å². The van der Waals surface area contributed by atoms with E-state index in [0.717, 1.165) is 10.6 Å². The molecule has 1 fully saturated rings. The van der Waals surface area contributed by atoms with Crippen molar-refractivity contribution in [3.63, 3.8) is 0 Å². The van der Waals surface area contributed by atoms with E-state index in [1.54, 1.807) is 24.0 Å². The van der Waals surface area contributed by atoms with Crippen molar-refractivity contribution in [3.05, 3.63) is 64.4 Å². The minimum absolute atomic E-state index is 0.0920. The second kappa shape index (κ2) is 9.58. The Balaban J connectivity index is 1.45. The van der Waals surface area contributed by atoms with Crippen LogP contribution < -0.4 is 9.47 Å². The zero-order chi connectivity index (χ0) is 23.5. The predicted octanol–water partition coefficient (Wildman–Crippen LogP) is 3.87. The van der Waals surface area contributed by atoms with Crippen LogP contribution in [0.4, 0.5) is 4.39 Å². The van der Waals surface area contributed by atoms with Crippen molar-refractivity contribution in [1.29, 1.82) is 0 Å². The fourth-order valence-corrected chi connectivity index (χ4v) is 4.75. The van der Waals surface area contributed by atoms with Gasteiger partial charge in [0, 0.05) is 37.3 Å². The number of aryl methyl sites for hydroxylation is 1. The summed E-state index contributed by atoms with van der Waals surface area (Å²) in [6.07, 6.45) is 0. The molecule has 1 saturated heterocycles. The number of thiazole rings is 1. The van der Waals surface area contributed by atoms with Gasteiger partial charge in [-0.1, -0.05) is 0 Å². The van der Waals surface area contributed by atoms with Crippen molar-refractivity contribution in [2.45, 2.75) is 6.92 Å². The third kappa shape index (κ3) is 4.68. The molecule has 7 nitrogen and oxygen atoms in total. The first kappa shape index (κ1) is 22.7. The number of halogens is 1. The number of hydrogen-bond donors (Lipinski definition) is 0. The average molecular weight is 470 g/mol. The molecule has 2 amide bonds. The number of aromatic nitrogens is 1. The Bertz CT molecular complexity index is 1170. The number of carbonyl (C=O) groups excluding carboxylic acids is 2. The van der Waals surface area contributed by atoms with Crippen LogP contribution in [0.2, 0.25) is 0 Å². The summed E-state index contributed by atoms with van der Waals surface area (Å²) in [5.74, 6) is 0.586. The maximum atomic E-state index is 13.2. The highest BCUT2D eigenvalue weighted by Gasteiger charge is 2.28. The number of ether oxygens (including phenoxy) is 2. The van der Waals surface area contributed by atoms with Gasteiger partial charge < -0.3 is 19.3 Å². The second-order valence-corrected chi connectivity index (χ2v) is 8.59. The van der Waals surface area contributed by atoms with Crippen molar-refractivity contribution >= 4 is 23.2 Å². The monoisotopic (exact) mass is 469 g/mol. The molecule has 9 heteroatoms. The molecule has 3 aromatic rings. The Morgan fingerprint density at radius 3 is 2.12 bits per heavy atom. The van der Waals surface area contributed by atoms with E-state index in [9.17, 15) is 14.0 Å². The van der Waals surface area contributed by atoms with Crippen LogP contribution >= 0.6 is 11.3 Å². The predicted molar refractivity (Wildman–Crippen MR) is 124 cm³/mol. The molecule has 1 aliphatic rings. The number of piperazine rings is 1. The van der Waals surface area contributed by atoms with E-state index >= 15 is 0 Å². The fraction of sp³-hybridized carbons (Fsp3) is 0.292. The van der Waals surface area contributed by atoms with E-state index in [-0.39, 0.29) is 17.6 Å². The molecule has 1 aliphatic heterocycles. The molecule has 0 saturated carbocycles. The van der Waals surface area contributed by atoms with Crippen molar-refractivity contribution in [1.82, 2.24) is 14.8 Å². The quantitative estimate of drug-likeness (QED) is 0.567. The molecule has 0 unspecified atom stereocenters. The third-order valence-corrected chi connectivity index (χ3v) is 6.76. The highest BCUT2D eigenvalue weighted by Crippen LogP contribution is 2.35. The van der Waals surface area contributed by atoms with Gasteiger partial charge in [-0.25, -0.2) is 9.37 Å². The number of methoxy groups -OCH3 is 2. The molecule has 2 aromatic carbocycles. The number of rotatable bonds is 5. The Morgan fingerprint density at radius 2 is 1.52 bits per heavy atom. The summed E-state index contributed by atoms with van der Waals surface area (Å²) in [5.41, 5.74) is 1.95. The van der Waals surface area contributed by atoms with Crippen LogP contribution in [0.3, 0.4) is 0 Å². The summed E-state index contributed by atoms with van der Waals surface area (Å²) >= 11 is 1.34. The SMILES string of the molecule is COc1ccc(-c2nc(C)c(C(=O)N3CCN(C(=O)c4ccc(F)cc4)CC3)s2)cc1OC. The van der Waals surface area contributed by atoms with Gasteiger partial charge >= 0.3 is 0 Å². The summed E-state index contributed by atoms with van der Waals surface area (Å²) < 4.78 is 23.8. The molecular weight excluding hydrogens is 445 g/mol. The lowest BCUT2D eigenvalue weighted by atomic mass is 10.1. The standard InChI is InChI=1S/C24H24FN3O4S/c1-15-21(33-22(26-15)17-6-9-19(31-2)20(14-17)32-3)24(30)28-12-10-27(11-13-28)23(29)16-4-7-18(25)8-5-16/h4-9,14H,10-13H2,1-3H3. The molecule has 0 radical (unpaired) electrons. The number of amides is 2. The Kier molecular flexibility index (Phi) is 6.60. The van der Waals surface area contributed by atoms with E-state index in [0.29, 0.717) is 53.8 Å². The van der Waals surface area contributed by atoms with E-state index in [1.165, 1.54) is 35.6 Å². The summed E-state index contributed by atoms with van der Waals surface area (Å²) in [6.45, 7) is 3.51. The van der Waals surface area contributed by atoms with Crippen LogP contribution in [0.15, 0.2) is 42.5 Å². The first-order chi connectivity index (χ1) is 15.9. The highest BCUT2D eigenvalue weighted by molar-refractivity contribution is 7.17. The second-order valence-electron chi connectivity index (χ2n) is 7.59. The molecule has 2 heterocycles. The molecule has 1 aromatic heterocycles. The highest BCUT2D eigenvalue weighted by atomic mass is 32.1. The maximum absolute atomic E-state index is 13.2. The van der Waals surface area contributed by atoms with Gasteiger partial charge in [0.15, 0.2) is 11.5 Å². The van der Waals surface area contributed by atoms with E-state index in [1.807, 2.05) is 25.1 Å². The van der Waals surface area contributed by atoms with E-state index < -0.39 is 0 Å². The van der Waals surface area contributed by atoms with Gasteiger partial charge in [0.2, 0.25) is 0 Å². The molecule has 172 valence electrons. The number of hydrogen-bond acceptors (Lipinski definition) is 6. The first-order valence-electron chi connectivity index (χ1n) is 10.4. The summed E-state index contributed by atoms with van der Waals surface area (Å²) in [6, 6.07) is 11.0. The molecule has 0 atom stereocenters. The topological polar surface area (TPSA) is 72.0 Å². The number of benzene rings is 2. The van der Waals surface area contributed by atoms with Crippen LogP contribution in [0.25, 0.3) is 10.6 Å². The van der Waals surface area contributed by atoms with Gasteiger partial charge in [0.05, 0.1) is 19.9 Å². The van der Waals surface area contributed by atoms with Gasteiger partial charge in [0.25, 0.3) is 11.8 Å². The molecule has 0 bridgehead atoms. The largest absolute Gasteiger partial charge is 0.493 e. The van der Waals surface area contributed by atoms with Gasteiger partial charge in [0.1, 0.15) is 15.7 Å². The normalized spacial score (nSPS) is 13.7. The van der Waals surface area contributed by atoms with E-state index in [4.69, 9.17) is 9.47 Å². The third-order valence-electron chi connectivity index (χ3n) is 5.57. The Labute approximate surface area is 195 Å². The zero-order valence-electron chi connectivity index (χ0n) is 18.6. The van der Waals surface area contributed by atoms with E-state index in [2.05, 4.69) is 4.98 Å². The fourth-order valence-electron chi connectivity index (χ4n) is 3.72. The lowest BCUT2D eigenvalue weighted by Crippen LogP contribution is -2.50. The minimum Gasteiger partial charge on any atom is -0.493 e. The molecule has 0 spiro atoms. The van der Waals surface area contributed by atoms with Gasteiger partial charge in [-0.3, -0.25) is 9.59 Å². The molecule has 0 aliphatic carbocycles. The lowest BCUT2D eigenvalue weighted by Gasteiger charge is -2.34. The van der Waals surface area contributed by atoms with Gasteiger partial charge in [-0.15, -0.1) is 11.3 Å². The van der Waals surface area contributed by atoms with Crippen molar-refractivity contribution in [3.8, 4) is 22.1 Å². The molecule has 33 heavy (non-hydrogen) atoms. The summed E-state index contributed by atoms with van der Waals surface area (Å²) in [7, 11) is 3.15. The van der Waals surface area contributed by atoms with Crippen LogP contribution in [0.1, 0.15) is 25.7 Å². The Morgan fingerprint density at radius 1 is 0.909 bits per heavy atom.